The van der Waals surface area contributed by atoms with E-state index in [1.807, 2.05) is 0 Å². The molecule has 4 heteroatoms. The van der Waals surface area contributed by atoms with Crippen molar-refractivity contribution in [1.29, 1.82) is 5.26 Å². The van der Waals surface area contributed by atoms with Gasteiger partial charge in [-0.15, -0.1) is 0 Å². The van der Waals surface area contributed by atoms with E-state index in [1.165, 1.54) is 86.1 Å². The number of nitriles is 1. The van der Waals surface area contributed by atoms with E-state index in [0.29, 0.717) is 18.4 Å². The second-order valence-electron chi connectivity index (χ2n) is 13.8. The molecule has 1 saturated carbocycles. The van der Waals surface area contributed by atoms with Gasteiger partial charge in [0, 0.05) is 12.7 Å². The monoisotopic (exact) mass is 627 g/mol. The van der Waals surface area contributed by atoms with Crippen molar-refractivity contribution in [3.05, 3.63) is 72.3 Å². The Morgan fingerprint density at radius 2 is 1.52 bits per heavy atom. The van der Waals surface area contributed by atoms with Gasteiger partial charge in [-0.05, 0) is 92.4 Å². The molecule has 3 rings (SSSR count). The molecule has 0 bridgehead atoms. The van der Waals surface area contributed by atoms with Crippen LogP contribution in [0.3, 0.4) is 0 Å². The Kier molecular flexibility index (Phi) is 17.2. The van der Waals surface area contributed by atoms with Crippen LogP contribution in [0.15, 0.2) is 61.2 Å². The summed E-state index contributed by atoms with van der Waals surface area (Å²) in [7, 11) is 0. The Bertz CT molecular complexity index is 1180. The van der Waals surface area contributed by atoms with Crippen molar-refractivity contribution in [3.63, 3.8) is 0 Å². The molecule has 0 N–H and O–H groups in total. The molecule has 0 aromatic heterocycles. The summed E-state index contributed by atoms with van der Waals surface area (Å²) in [4.78, 5) is 11.0. The summed E-state index contributed by atoms with van der Waals surface area (Å²) >= 11 is 0. The van der Waals surface area contributed by atoms with Gasteiger partial charge in [-0.3, -0.25) is 0 Å². The van der Waals surface area contributed by atoms with Crippen molar-refractivity contribution >= 4 is 5.97 Å². The minimum atomic E-state index is -0.326. The lowest BCUT2D eigenvalue weighted by Gasteiger charge is -2.37. The molecule has 252 valence electrons. The maximum Gasteiger partial charge on any atom is 0.330 e. The molecular formula is C42H61NO3. The van der Waals surface area contributed by atoms with Crippen LogP contribution in [0.4, 0.5) is 0 Å². The van der Waals surface area contributed by atoms with E-state index in [4.69, 9.17) is 9.47 Å². The quantitative estimate of drug-likeness (QED) is 0.0740. The lowest BCUT2D eigenvalue weighted by Crippen LogP contribution is -2.31. The normalized spacial score (nSPS) is 19.2. The average Bonchev–Trinajstić information content (AvgIpc) is 3.09. The van der Waals surface area contributed by atoms with Crippen LogP contribution >= 0.6 is 0 Å². The van der Waals surface area contributed by atoms with Gasteiger partial charge in [0.25, 0.3) is 0 Å². The fraction of sp³-hybridized carbons (Fsp3) is 0.619. The van der Waals surface area contributed by atoms with E-state index in [2.05, 4.69) is 82.0 Å². The number of rotatable bonds is 22. The Balaban J connectivity index is 1.35. The van der Waals surface area contributed by atoms with Crippen LogP contribution in [-0.4, -0.2) is 25.3 Å². The summed E-state index contributed by atoms with van der Waals surface area (Å²) in [5, 5.41) is 10.3. The number of esters is 1. The minimum Gasteiger partial charge on any atom is -0.463 e. The fourth-order valence-electron chi connectivity index (χ4n) is 7.40. The molecule has 0 aliphatic heterocycles. The molecule has 2 aromatic carbocycles. The number of carbonyl (C=O) groups excluding carboxylic acids is 1. The highest BCUT2D eigenvalue weighted by Crippen LogP contribution is 2.47. The third-order valence-corrected chi connectivity index (χ3v) is 10.1. The van der Waals surface area contributed by atoms with E-state index < -0.39 is 0 Å². The maximum atomic E-state index is 11.0. The van der Waals surface area contributed by atoms with Crippen LogP contribution in [0, 0.1) is 16.7 Å². The lowest BCUT2D eigenvalue weighted by atomic mass is 9.66. The zero-order valence-corrected chi connectivity index (χ0v) is 29.2. The lowest BCUT2D eigenvalue weighted by molar-refractivity contribution is -0.137. The molecule has 0 amide bonds. The summed E-state index contributed by atoms with van der Waals surface area (Å²) < 4.78 is 11.2. The van der Waals surface area contributed by atoms with Crippen LogP contribution in [0.5, 0.6) is 0 Å². The van der Waals surface area contributed by atoms with Gasteiger partial charge in [-0.1, -0.05) is 127 Å². The summed E-state index contributed by atoms with van der Waals surface area (Å²) in [5.41, 5.74) is 5.08. The van der Waals surface area contributed by atoms with Gasteiger partial charge in [0.1, 0.15) is 0 Å². The third kappa shape index (κ3) is 12.7. The number of hydrogen-bond acceptors (Lipinski definition) is 4. The van der Waals surface area contributed by atoms with Crippen molar-refractivity contribution < 1.29 is 14.3 Å². The van der Waals surface area contributed by atoms with Gasteiger partial charge in [-0.25, -0.2) is 4.79 Å². The Labute approximate surface area is 281 Å². The van der Waals surface area contributed by atoms with E-state index in [0.717, 1.165) is 58.0 Å². The summed E-state index contributed by atoms with van der Waals surface area (Å²) in [6, 6.07) is 21.1. The number of hydrogen-bond donors (Lipinski definition) is 0. The number of ether oxygens (including phenoxy) is 2. The first kappa shape index (κ1) is 37.6. The van der Waals surface area contributed by atoms with Crippen LogP contribution < -0.4 is 0 Å². The molecule has 0 radical (unpaired) electrons. The molecule has 0 saturated heterocycles. The average molecular weight is 628 g/mol. The highest BCUT2D eigenvalue weighted by atomic mass is 16.5. The molecule has 4 atom stereocenters. The molecule has 4 nitrogen and oxygen atoms in total. The van der Waals surface area contributed by atoms with Crippen molar-refractivity contribution in [1.82, 2.24) is 0 Å². The van der Waals surface area contributed by atoms with Crippen molar-refractivity contribution in [2.24, 2.45) is 5.41 Å². The highest BCUT2D eigenvalue weighted by Gasteiger charge is 2.38. The molecule has 0 heterocycles. The number of benzene rings is 2. The summed E-state index contributed by atoms with van der Waals surface area (Å²) in [6.45, 7) is 11.4. The van der Waals surface area contributed by atoms with Gasteiger partial charge in [-0.2, -0.15) is 5.26 Å². The topological polar surface area (TPSA) is 59.3 Å². The van der Waals surface area contributed by atoms with Crippen LogP contribution in [0.25, 0.3) is 11.1 Å². The van der Waals surface area contributed by atoms with Gasteiger partial charge in [0.2, 0.25) is 0 Å². The van der Waals surface area contributed by atoms with E-state index in [-0.39, 0.29) is 17.5 Å². The smallest absolute Gasteiger partial charge is 0.330 e. The molecular weight excluding hydrogens is 566 g/mol. The summed E-state index contributed by atoms with van der Waals surface area (Å²) in [5.74, 6) is 0.770. The molecule has 4 unspecified atom stereocenters. The zero-order chi connectivity index (χ0) is 33.0. The second kappa shape index (κ2) is 21.1. The zero-order valence-electron chi connectivity index (χ0n) is 29.2. The fourth-order valence-corrected chi connectivity index (χ4v) is 7.40. The van der Waals surface area contributed by atoms with Crippen molar-refractivity contribution in [2.75, 3.05) is 13.2 Å². The number of carbonyl (C=O) groups is 1. The molecule has 1 aliphatic rings. The number of nitrogens with zero attached hydrogens (tertiary/aromatic N) is 1. The van der Waals surface area contributed by atoms with Gasteiger partial charge in [0.05, 0.1) is 24.2 Å². The molecule has 46 heavy (non-hydrogen) atoms. The molecule has 0 spiro atoms. The molecule has 2 aromatic rings. The highest BCUT2D eigenvalue weighted by molar-refractivity contribution is 5.81. The minimum absolute atomic E-state index is 0.110. The SMILES string of the molecule is C=CC(=O)OCCCCCCCCCCCOC(C)CC1(C#N)CCCC(c2ccc(-c3ccc(C(CC)CCC)cc3)cc2)C1. The Hall–Kier alpha value is -2.90. The number of unbranched alkanes of at least 4 members (excludes halogenated alkanes) is 8. The van der Waals surface area contributed by atoms with Crippen molar-refractivity contribution in [2.45, 2.75) is 148 Å². The Morgan fingerprint density at radius 3 is 2.09 bits per heavy atom. The first-order chi connectivity index (χ1) is 22.4. The maximum absolute atomic E-state index is 11.0. The molecule has 1 aliphatic carbocycles. The van der Waals surface area contributed by atoms with E-state index in [1.54, 1.807) is 0 Å². The Morgan fingerprint density at radius 1 is 0.935 bits per heavy atom. The van der Waals surface area contributed by atoms with E-state index >= 15 is 0 Å². The first-order valence-corrected chi connectivity index (χ1v) is 18.5. The predicted molar refractivity (Wildman–Crippen MR) is 192 cm³/mol. The standard InChI is InChI=1S/C42H61NO3/c1-5-18-35(6-2)36-20-22-37(23-21-36)38-24-26-39(27-25-38)40-19-17-28-42(32-40,33-43)31-34(4)45-29-15-13-11-9-8-10-12-14-16-30-46-41(44)7-3/h7,20-27,34-35,40H,3,5-6,8-19,28-32H2,1-2,4H3. The van der Waals surface area contributed by atoms with Gasteiger partial charge in [0.15, 0.2) is 0 Å². The van der Waals surface area contributed by atoms with Crippen LogP contribution in [0.1, 0.15) is 153 Å². The van der Waals surface area contributed by atoms with Crippen molar-refractivity contribution in [3.8, 4) is 17.2 Å². The van der Waals surface area contributed by atoms with Gasteiger partial charge < -0.3 is 9.47 Å². The summed E-state index contributed by atoms with van der Waals surface area (Å²) in [6.07, 6.45) is 20.6. The van der Waals surface area contributed by atoms with Gasteiger partial charge >= 0.3 is 5.97 Å². The van der Waals surface area contributed by atoms with Crippen LogP contribution in [0.2, 0.25) is 0 Å². The molecule has 1 fully saturated rings. The largest absolute Gasteiger partial charge is 0.463 e. The predicted octanol–water partition coefficient (Wildman–Crippen LogP) is 11.9. The first-order valence-electron chi connectivity index (χ1n) is 18.5. The third-order valence-electron chi connectivity index (χ3n) is 10.1. The second-order valence-corrected chi connectivity index (χ2v) is 13.8. The van der Waals surface area contributed by atoms with Crippen LogP contribution in [-0.2, 0) is 14.3 Å². The van der Waals surface area contributed by atoms with E-state index in [9.17, 15) is 10.1 Å².